The van der Waals surface area contributed by atoms with Crippen molar-refractivity contribution in [3.05, 3.63) is 12.3 Å². The molecule has 3 heterocycles. The predicted octanol–water partition coefficient (Wildman–Crippen LogP) is 1.03. The molecule has 0 radical (unpaired) electrons. The lowest BCUT2D eigenvalue weighted by Gasteiger charge is -2.39. The van der Waals surface area contributed by atoms with Crippen molar-refractivity contribution < 1.29 is 9.90 Å². The second kappa shape index (κ2) is 5.40. The van der Waals surface area contributed by atoms with Crippen LogP contribution in [-0.2, 0) is 0 Å². The number of thioether (sulfide) groups is 1. The smallest absolute Gasteiger partial charge is 0.407 e. The Morgan fingerprint density at radius 2 is 2.24 bits per heavy atom. The molecule has 1 saturated heterocycles. The Morgan fingerprint density at radius 1 is 1.43 bits per heavy atom. The third-order valence-corrected chi connectivity index (χ3v) is 4.10. The fourth-order valence-electron chi connectivity index (χ4n) is 2.50. The maximum absolute atomic E-state index is 11.1. The molecule has 1 N–H and O–H groups in total. The summed E-state index contributed by atoms with van der Waals surface area (Å²) in [5.74, 6) is 0.715. The summed E-state index contributed by atoms with van der Waals surface area (Å²) in [7, 11) is 0. The maximum atomic E-state index is 11.1. The monoisotopic (exact) mass is 308 g/mol. The predicted molar refractivity (Wildman–Crippen MR) is 79.0 cm³/mol. The summed E-state index contributed by atoms with van der Waals surface area (Å²) < 4.78 is 1.70. The standard InChI is InChI=1S/C12H16N6O2S/c1-8-7-16(12(19)20)5-6-17(8)11-15-10(21-2)14-9-3-4-13-18(9)11/h3-4,8H,5-7H2,1-2H3,(H,19,20)/t8-/m0/s1. The second-order valence-electron chi connectivity index (χ2n) is 4.88. The number of rotatable bonds is 2. The SMILES string of the molecule is CSc1nc(N2CCN(C(=O)O)C[C@@H]2C)n2nccc2n1. The molecule has 0 unspecified atom stereocenters. The van der Waals surface area contributed by atoms with Gasteiger partial charge in [0.05, 0.1) is 6.20 Å². The van der Waals surface area contributed by atoms with E-state index >= 15 is 0 Å². The Labute approximate surface area is 125 Å². The minimum Gasteiger partial charge on any atom is -0.465 e. The topological polar surface area (TPSA) is 86.9 Å². The van der Waals surface area contributed by atoms with E-state index in [0.717, 1.165) is 5.65 Å². The Kier molecular flexibility index (Phi) is 3.58. The second-order valence-corrected chi connectivity index (χ2v) is 5.66. The van der Waals surface area contributed by atoms with Gasteiger partial charge in [-0.3, -0.25) is 0 Å². The number of aromatic nitrogens is 4. The quantitative estimate of drug-likeness (QED) is 0.829. The minimum absolute atomic E-state index is 0.0341. The molecule has 1 aliphatic heterocycles. The van der Waals surface area contributed by atoms with Crippen molar-refractivity contribution in [3.8, 4) is 0 Å². The third-order valence-electron chi connectivity index (χ3n) is 3.56. The van der Waals surface area contributed by atoms with Gasteiger partial charge >= 0.3 is 6.09 Å². The van der Waals surface area contributed by atoms with Gasteiger partial charge in [0.1, 0.15) is 0 Å². The number of nitrogens with zero attached hydrogens (tertiary/aromatic N) is 6. The highest BCUT2D eigenvalue weighted by Crippen LogP contribution is 2.22. The van der Waals surface area contributed by atoms with Gasteiger partial charge in [-0.2, -0.15) is 14.6 Å². The van der Waals surface area contributed by atoms with E-state index in [9.17, 15) is 4.79 Å². The van der Waals surface area contributed by atoms with Crippen LogP contribution in [0.3, 0.4) is 0 Å². The zero-order chi connectivity index (χ0) is 15.0. The van der Waals surface area contributed by atoms with Crippen LogP contribution >= 0.6 is 11.8 Å². The molecule has 2 aromatic heterocycles. The lowest BCUT2D eigenvalue weighted by atomic mass is 10.2. The van der Waals surface area contributed by atoms with Crippen molar-refractivity contribution in [2.75, 3.05) is 30.8 Å². The van der Waals surface area contributed by atoms with Crippen molar-refractivity contribution in [2.45, 2.75) is 18.1 Å². The van der Waals surface area contributed by atoms with E-state index in [1.54, 1.807) is 10.7 Å². The van der Waals surface area contributed by atoms with E-state index in [1.165, 1.54) is 16.7 Å². The zero-order valence-corrected chi connectivity index (χ0v) is 12.6. The molecule has 1 atom stereocenters. The summed E-state index contributed by atoms with van der Waals surface area (Å²) in [5.41, 5.74) is 0.747. The van der Waals surface area contributed by atoms with Crippen LogP contribution in [0.25, 0.3) is 5.65 Å². The molecular weight excluding hydrogens is 292 g/mol. The molecule has 0 spiro atoms. The number of anilines is 1. The molecule has 21 heavy (non-hydrogen) atoms. The van der Waals surface area contributed by atoms with E-state index in [0.29, 0.717) is 30.7 Å². The molecular formula is C12H16N6O2S. The van der Waals surface area contributed by atoms with Crippen LogP contribution in [0.4, 0.5) is 10.7 Å². The van der Waals surface area contributed by atoms with Gasteiger partial charge in [-0.25, -0.2) is 9.78 Å². The van der Waals surface area contributed by atoms with Crippen LogP contribution < -0.4 is 4.90 Å². The fourth-order valence-corrected chi connectivity index (χ4v) is 2.85. The zero-order valence-electron chi connectivity index (χ0n) is 11.8. The van der Waals surface area contributed by atoms with E-state index < -0.39 is 6.09 Å². The fraction of sp³-hybridized carbons (Fsp3) is 0.500. The summed E-state index contributed by atoms with van der Waals surface area (Å²) in [5, 5.41) is 14.0. The summed E-state index contributed by atoms with van der Waals surface area (Å²) in [4.78, 5) is 23.5. The third kappa shape index (κ3) is 2.48. The largest absolute Gasteiger partial charge is 0.465 e. The average molecular weight is 308 g/mol. The molecule has 2 aromatic rings. The molecule has 1 fully saturated rings. The van der Waals surface area contributed by atoms with Gasteiger partial charge < -0.3 is 14.9 Å². The van der Waals surface area contributed by atoms with Crippen LogP contribution in [0, 0.1) is 0 Å². The number of hydrogen-bond donors (Lipinski definition) is 1. The Morgan fingerprint density at radius 3 is 2.90 bits per heavy atom. The van der Waals surface area contributed by atoms with Gasteiger partial charge in [-0.05, 0) is 13.2 Å². The highest BCUT2D eigenvalue weighted by molar-refractivity contribution is 7.98. The van der Waals surface area contributed by atoms with Crippen LogP contribution in [0.1, 0.15) is 6.92 Å². The maximum Gasteiger partial charge on any atom is 0.407 e. The van der Waals surface area contributed by atoms with Gasteiger partial charge in [0, 0.05) is 31.7 Å². The summed E-state index contributed by atoms with van der Waals surface area (Å²) in [6, 6.07) is 1.87. The molecule has 8 nitrogen and oxygen atoms in total. The number of amides is 1. The first-order valence-corrected chi connectivity index (χ1v) is 7.83. The van der Waals surface area contributed by atoms with Crippen molar-refractivity contribution in [3.63, 3.8) is 0 Å². The van der Waals surface area contributed by atoms with E-state index in [1.807, 2.05) is 19.2 Å². The van der Waals surface area contributed by atoms with Gasteiger partial charge in [0.2, 0.25) is 5.95 Å². The normalized spacial score (nSPS) is 19.2. The average Bonchev–Trinajstić information content (AvgIpc) is 2.94. The number of fused-ring (bicyclic) bond motifs is 1. The van der Waals surface area contributed by atoms with Gasteiger partial charge in [0.15, 0.2) is 10.8 Å². The summed E-state index contributed by atoms with van der Waals surface area (Å²) >= 11 is 1.48. The molecule has 3 rings (SSSR count). The van der Waals surface area contributed by atoms with Gasteiger partial charge in [0.25, 0.3) is 0 Å². The molecule has 9 heteroatoms. The first-order valence-electron chi connectivity index (χ1n) is 6.60. The number of carboxylic acid groups (broad SMARTS) is 1. The number of carbonyl (C=O) groups is 1. The van der Waals surface area contributed by atoms with Crippen LogP contribution in [0.2, 0.25) is 0 Å². The minimum atomic E-state index is -0.877. The van der Waals surface area contributed by atoms with Crippen molar-refractivity contribution in [1.29, 1.82) is 0 Å². The lowest BCUT2D eigenvalue weighted by Crippen LogP contribution is -2.54. The molecule has 0 saturated carbocycles. The summed E-state index contributed by atoms with van der Waals surface area (Å²) in [6.07, 6.45) is 2.74. The first kappa shape index (κ1) is 13.9. The van der Waals surface area contributed by atoms with E-state index in [2.05, 4.69) is 20.0 Å². The van der Waals surface area contributed by atoms with Crippen LogP contribution in [0.5, 0.6) is 0 Å². The molecule has 1 aliphatic rings. The van der Waals surface area contributed by atoms with Crippen molar-refractivity contribution >= 4 is 29.5 Å². The van der Waals surface area contributed by atoms with Crippen LogP contribution in [0.15, 0.2) is 17.4 Å². The first-order chi connectivity index (χ1) is 10.1. The van der Waals surface area contributed by atoms with Gasteiger partial charge in [-0.15, -0.1) is 0 Å². The summed E-state index contributed by atoms with van der Waals surface area (Å²) in [6.45, 7) is 3.50. The number of hydrogen-bond acceptors (Lipinski definition) is 6. The molecule has 1 amide bonds. The van der Waals surface area contributed by atoms with Gasteiger partial charge in [-0.1, -0.05) is 11.8 Å². The highest BCUT2D eigenvalue weighted by atomic mass is 32.2. The van der Waals surface area contributed by atoms with Crippen molar-refractivity contribution in [2.24, 2.45) is 0 Å². The molecule has 0 aromatic carbocycles. The molecule has 0 aliphatic carbocycles. The molecule has 112 valence electrons. The van der Waals surface area contributed by atoms with Crippen LogP contribution in [-0.4, -0.2) is 67.6 Å². The Balaban J connectivity index is 1.96. The van der Waals surface area contributed by atoms with E-state index in [4.69, 9.17) is 5.11 Å². The number of piperazine rings is 1. The highest BCUT2D eigenvalue weighted by Gasteiger charge is 2.29. The lowest BCUT2D eigenvalue weighted by molar-refractivity contribution is 0.136. The van der Waals surface area contributed by atoms with E-state index in [-0.39, 0.29) is 6.04 Å². The Bertz CT molecular complexity index is 675. The Hall–Kier alpha value is -2.03. The molecule has 0 bridgehead atoms. The van der Waals surface area contributed by atoms with Crippen molar-refractivity contribution in [1.82, 2.24) is 24.5 Å².